The van der Waals surface area contributed by atoms with Crippen LogP contribution in [-0.2, 0) is 33.1 Å². The number of hydrogen-bond donors (Lipinski definition) is 2. The highest BCUT2D eigenvalue weighted by Gasteiger charge is 2.36. The first-order chi connectivity index (χ1) is 12.7. The molecule has 1 unspecified atom stereocenters. The fraction of sp³-hybridized carbons (Fsp3) is 0.294. The number of piperazine rings is 1. The van der Waals surface area contributed by atoms with E-state index in [2.05, 4.69) is 5.32 Å². The molecule has 0 radical (unpaired) electrons. The zero-order chi connectivity index (χ0) is 19.8. The van der Waals surface area contributed by atoms with Crippen molar-refractivity contribution in [1.82, 2.24) is 14.8 Å². The number of halogens is 1. The Kier molecular flexibility index (Phi) is 5.03. The van der Waals surface area contributed by atoms with Crippen molar-refractivity contribution in [3.63, 3.8) is 0 Å². The molecule has 1 saturated heterocycles. The second-order valence-electron chi connectivity index (χ2n) is 6.30. The predicted molar refractivity (Wildman–Crippen MR) is 94.4 cm³/mol. The number of nitrogens with two attached hydrogens (primary N) is 1. The van der Waals surface area contributed by atoms with Gasteiger partial charge in [0.15, 0.2) is 0 Å². The molecule has 1 aromatic heterocycles. The van der Waals surface area contributed by atoms with Gasteiger partial charge in [0.2, 0.25) is 21.8 Å². The summed E-state index contributed by atoms with van der Waals surface area (Å²) in [4.78, 5) is 26.4. The van der Waals surface area contributed by atoms with Gasteiger partial charge in [-0.2, -0.15) is 0 Å². The van der Waals surface area contributed by atoms with Gasteiger partial charge in [0.1, 0.15) is 11.9 Å². The topological polar surface area (TPSA) is 114 Å². The molecule has 27 heavy (non-hydrogen) atoms. The largest absolute Gasteiger partial charge is 0.353 e. The van der Waals surface area contributed by atoms with E-state index in [0.717, 1.165) is 0 Å². The van der Waals surface area contributed by atoms with E-state index in [9.17, 15) is 22.4 Å². The lowest BCUT2D eigenvalue weighted by Crippen LogP contribution is -2.52. The first-order valence-corrected chi connectivity index (χ1v) is 9.73. The fourth-order valence-corrected chi connectivity index (χ4v) is 3.71. The van der Waals surface area contributed by atoms with Crippen LogP contribution in [-0.4, -0.2) is 42.8 Å². The van der Waals surface area contributed by atoms with Crippen LogP contribution >= 0.6 is 0 Å². The molecule has 1 atom stereocenters. The molecule has 1 aromatic carbocycles. The van der Waals surface area contributed by atoms with Crippen molar-refractivity contribution in [1.29, 1.82) is 0 Å². The third-order valence-corrected chi connectivity index (χ3v) is 5.36. The van der Waals surface area contributed by atoms with Crippen LogP contribution in [0.3, 0.4) is 0 Å². The molecule has 2 amide bonds. The first-order valence-electron chi connectivity index (χ1n) is 8.18. The van der Waals surface area contributed by atoms with Crippen LogP contribution in [0.25, 0.3) is 0 Å². The number of benzene rings is 1. The molecule has 8 nitrogen and oxygen atoms in total. The SMILES string of the molecule is Cn1cc(S(N)(=O)=O)cc1CC(=O)N1CCNC(=O)C1c1ccccc1F. The van der Waals surface area contributed by atoms with Crippen LogP contribution in [0.2, 0.25) is 0 Å². The Morgan fingerprint density at radius 1 is 1.37 bits per heavy atom. The summed E-state index contributed by atoms with van der Waals surface area (Å²) >= 11 is 0. The van der Waals surface area contributed by atoms with E-state index in [4.69, 9.17) is 5.14 Å². The Morgan fingerprint density at radius 2 is 2.07 bits per heavy atom. The van der Waals surface area contributed by atoms with Crippen molar-refractivity contribution < 1.29 is 22.4 Å². The van der Waals surface area contributed by atoms with Crippen molar-refractivity contribution in [2.45, 2.75) is 17.4 Å². The predicted octanol–water partition coefficient (Wildman–Crippen LogP) is 0.0538. The number of nitrogens with zero attached hydrogens (tertiary/aromatic N) is 2. The van der Waals surface area contributed by atoms with Gasteiger partial charge in [0.25, 0.3) is 0 Å². The van der Waals surface area contributed by atoms with Crippen LogP contribution in [0.5, 0.6) is 0 Å². The second kappa shape index (κ2) is 7.12. The molecular weight excluding hydrogens is 375 g/mol. The van der Waals surface area contributed by atoms with Crippen LogP contribution < -0.4 is 10.5 Å². The summed E-state index contributed by atoms with van der Waals surface area (Å²) in [5, 5.41) is 7.76. The van der Waals surface area contributed by atoms with Crippen molar-refractivity contribution in [2.75, 3.05) is 13.1 Å². The third-order valence-electron chi connectivity index (χ3n) is 4.48. The summed E-state index contributed by atoms with van der Waals surface area (Å²) in [5.41, 5.74) is 0.530. The summed E-state index contributed by atoms with van der Waals surface area (Å²) in [7, 11) is -2.30. The first kappa shape index (κ1) is 19.1. The minimum atomic E-state index is -3.89. The number of rotatable bonds is 4. The summed E-state index contributed by atoms with van der Waals surface area (Å²) < 4.78 is 38.6. The van der Waals surface area contributed by atoms with Crippen LogP contribution in [0, 0.1) is 5.82 Å². The van der Waals surface area contributed by atoms with Gasteiger partial charge >= 0.3 is 0 Å². The Morgan fingerprint density at radius 3 is 2.70 bits per heavy atom. The van der Waals surface area contributed by atoms with Gasteiger partial charge in [-0.3, -0.25) is 9.59 Å². The van der Waals surface area contributed by atoms with Crippen molar-refractivity contribution >= 4 is 21.8 Å². The lowest BCUT2D eigenvalue weighted by molar-refractivity contribution is -0.143. The van der Waals surface area contributed by atoms with Gasteiger partial charge in [-0.25, -0.2) is 17.9 Å². The quantitative estimate of drug-likeness (QED) is 0.763. The normalized spacial score (nSPS) is 17.7. The van der Waals surface area contributed by atoms with Gasteiger partial charge in [-0.15, -0.1) is 0 Å². The van der Waals surface area contributed by atoms with E-state index >= 15 is 0 Å². The molecule has 144 valence electrons. The van der Waals surface area contributed by atoms with E-state index in [1.54, 1.807) is 13.1 Å². The number of nitrogens with one attached hydrogen (secondary N) is 1. The highest BCUT2D eigenvalue weighted by atomic mass is 32.2. The maximum atomic E-state index is 14.2. The maximum Gasteiger partial charge on any atom is 0.247 e. The minimum Gasteiger partial charge on any atom is -0.353 e. The lowest BCUT2D eigenvalue weighted by atomic mass is 10.0. The van der Waals surface area contributed by atoms with Crippen LogP contribution in [0.15, 0.2) is 41.4 Å². The molecule has 0 saturated carbocycles. The van der Waals surface area contributed by atoms with Crippen molar-refractivity contribution in [3.8, 4) is 0 Å². The number of primary sulfonamides is 1. The molecule has 1 aliphatic heterocycles. The number of aryl methyl sites for hydroxylation is 1. The van der Waals surface area contributed by atoms with E-state index in [1.165, 1.54) is 39.9 Å². The fourth-order valence-electron chi connectivity index (χ4n) is 3.11. The molecule has 1 fully saturated rings. The monoisotopic (exact) mass is 394 g/mol. The highest BCUT2D eigenvalue weighted by molar-refractivity contribution is 7.89. The Bertz CT molecular complexity index is 1000. The summed E-state index contributed by atoms with van der Waals surface area (Å²) in [6.07, 6.45) is 1.17. The van der Waals surface area contributed by atoms with Crippen molar-refractivity contribution in [2.24, 2.45) is 12.2 Å². The molecule has 3 rings (SSSR count). The number of carbonyl (C=O) groups is 2. The smallest absolute Gasteiger partial charge is 0.247 e. The average molecular weight is 394 g/mol. The highest BCUT2D eigenvalue weighted by Crippen LogP contribution is 2.26. The van der Waals surface area contributed by atoms with Gasteiger partial charge in [-0.1, -0.05) is 18.2 Å². The van der Waals surface area contributed by atoms with Gasteiger partial charge < -0.3 is 14.8 Å². The molecule has 10 heteroatoms. The Labute approximate surface area is 155 Å². The molecule has 2 aromatic rings. The molecular formula is C17H19FN4O4S. The Hall–Kier alpha value is -2.72. The van der Waals surface area contributed by atoms with E-state index < -0.39 is 33.7 Å². The summed E-state index contributed by atoms with van der Waals surface area (Å²) in [6.45, 7) is 0.473. The zero-order valence-electron chi connectivity index (χ0n) is 14.6. The number of aromatic nitrogens is 1. The van der Waals surface area contributed by atoms with Gasteiger partial charge in [0.05, 0.1) is 11.3 Å². The number of amides is 2. The van der Waals surface area contributed by atoms with Gasteiger partial charge in [-0.05, 0) is 12.1 Å². The van der Waals surface area contributed by atoms with Crippen molar-refractivity contribution in [3.05, 3.63) is 53.6 Å². The lowest BCUT2D eigenvalue weighted by Gasteiger charge is -2.35. The molecule has 1 aliphatic rings. The number of sulfonamides is 1. The van der Waals surface area contributed by atoms with Gasteiger partial charge in [0, 0.05) is 37.6 Å². The zero-order valence-corrected chi connectivity index (χ0v) is 15.4. The average Bonchev–Trinajstić information content (AvgIpc) is 2.96. The molecule has 0 aliphatic carbocycles. The number of hydrogen-bond acceptors (Lipinski definition) is 4. The van der Waals surface area contributed by atoms with E-state index in [0.29, 0.717) is 5.69 Å². The van der Waals surface area contributed by atoms with E-state index in [-0.39, 0.29) is 30.0 Å². The van der Waals surface area contributed by atoms with E-state index in [1.807, 2.05) is 0 Å². The maximum absolute atomic E-state index is 14.2. The molecule has 0 spiro atoms. The summed E-state index contributed by atoms with van der Waals surface area (Å²) in [5.74, 6) is -1.45. The minimum absolute atomic E-state index is 0.102. The third kappa shape index (κ3) is 3.86. The second-order valence-corrected chi connectivity index (χ2v) is 7.86. The Balaban J connectivity index is 1.89. The van der Waals surface area contributed by atoms with Crippen LogP contribution in [0.4, 0.5) is 4.39 Å². The van der Waals surface area contributed by atoms with Crippen LogP contribution in [0.1, 0.15) is 17.3 Å². The number of carbonyl (C=O) groups excluding carboxylic acids is 2. The molecule has 2 heterocycles. The standard InChI is InChI=1S/C17H19FN4O4S/c1-21-10-12(27(19,25)26)8-11(21)9-15(23)22-7-6-20-17(24)16(22)13-4-2-3-5-14(13)18/h2-5,8,10,16H,6-7,9H2,1H3,(H,20,24)(H2,19,25,26). The molecule has 3 N–H and O–H groups in total. The summed E-state index contributed by atoms with van der Waals surface area (Å²) in [6, 6.07) is 6.03. The molecule has 0 bridgehead atoms.